The quantitative estimate of drug-likeness (QED) is 0.873. The maximum Gasteiger partial charge on any atom is 0.237 e. The topological polar surface area (TPSA) is 55.1 Å². The molecule has 0 aliphatic heterocycles. The van der Waals surface area contributed by atoms with Gasteiger partial charge in [-0.2, -0.15) is 0 Å². The van der Waals surface area contributed by atoms with Crippen LogP contribution in [0.2, 0.25) is 0 Å². The molecule has 2 aromatic rings. The van der Waals surface area contributed by atoms with E-state index in [2.05, 4.69) is 21.2 Å². The highest BCUT2D eigenvalue weighted by atomic mass is 79.9. The van der Waals surface area contributed by atoms with Gasteiger partial charge in [0.05, 0.1) is 12.1 Å². The highest BCUT2D eigenvalue weighted by molar-refractivity contribution is 9.10. The summed E-state index contributed by atoms with van der Waals surface area (Å²) in [5, 5.41) is 2.96. The minimum Gasteiger partial charge on any atom is -0.348 e. The zero-order chi connectivity index (χ0) is 15.2. The lowest BCUT2D eigenvalue weighted by molar-refractivity contribution is -0.123. The van der Waals surface area contributed by atoms with E-state index in [0.717, 1.165) is 15.6 Å². The first-order chi connectivity index (χ1) is 10.1. The van der Waals surface area contributed by atoms with E-state index < -0.39 is 6.04 Å². The largest absolute Gasteiger partial charge is 0.348 e. The van der Waals surface area contributed by atoms with Crippen LogP contribution < -0.4 is 11.1 Å². The van der Waals surface area contributed by atoms with E-state index in [1.807, 2.05) is 61.5 Å². The zero-order valence-corrected chi connectivity index (χ0v) is 13.5. The molecule has 0 aliphatic rings. The van der Waals surface area contributed by atoms with Crippen LogP contribution in [0.1, 0.15) is 24.1 Å². The first kappa shape index (κ1) is 15.7. The fourth-order valence-electron chi connectivity index (χ4n) is 2.12. The van der Waals surface area contributed by atoms with Gasteiger partial charge in [-0.15, -0.1) is 0 Å². The van der Waals surface area contributed by atoms with Gasteiger partial charge < -0.3 is 11.1 Å². The summed E-state index contributed by atoms with van der Waals surface area (Å²) in [6.07, 6.45) is 0.541. The van der Waals surface area contributed by atoms with Crippen LogP contribution in [0.5, 0.6) is 0 Å². The third kappa shape index (κ3) is 4.69. The van der Waals surface area contributed by atoms with E-state index in [1.54, 1.807) is 0 Å². The van der Waals surface area contributed by atoms with Crippen molar-refractivity contribution >= 4 is 21.8 Å². The molecule has 2 rings (SSSR count). The predicted molar refractivity (Wildman–Crippen MR) is 88.8 cm³/mol. The lowest BCUT2D eigenvalue weighted by Crippen LogP contribution is -2.42. The Bertz CT molecular complexity index is 583. The molecule has 0 fully saturated rings. The Morgan fingerprint density at radius 3 is 2.38 bits per heavy atom. The summed E-state index contributed by atoms with van der Waals surface area (Å²) in [5.41, 5.74) is 8.10. The average Bonchev–Trinajstić information content (AvgIpc) is 2.48. The fraction of sp³-hybridized carbons (Fsp3) is 0.235. The molecule has 4 heteroatoms. The number of hydrogen-bond acceptors (Lipinski definition) is 2. The van der Waals surface area contributed by atoms with Gasteiger partial charge in [0.1, 0.15) is 0 Å². The summed E-state index contributed by atoms with van der Waals surface area (Å²) in [6, 6.07) is 17.1. The second kappa shape index (κ2) is 7.38. The van der Waals surface area contributed by atoms with Crippen molar-refractivity contribution in [2.75, 3.05) is 0 Å². The van der Waals surface area contributed by atoms with E-state index >= 15 is 0 Å². The molecule has 0 heterocycles. The molecule has 2 aromatic carbocycles. The number of nitrogens with one attached hydrogen (secondary N) is 1. The van der Waals surface area contributed by atoms with Crippen LogP contribution >= 0.6 is 15.9 Å². The summed E-state index contributed by atoms with van der Waals surface area (Å²) in [5.74, 6) is -0.130. The number of carbonyl (C=O) groups excluding carboxylic acids is 1. The van der Waals surface area contributed by atoms with Gasteiger partial charge in [0.25, 0.3) is 0 Å². The minimum absolute atomic E-state index is 0.0626. The van der Waals surface area contributed by atoms with Crippen molar-refractivity contribution in [2.24, 2.45) is 5.73 Å². The fourth-order valence-corrected chi connectivity index (χ4v) is 2.38. The van der Waals surface area contributed by atoms with Crippen molar-refractivity contribution < 1.29 is 4.79 Å². The van der Waals surface area contributed by atoms with Gasteiger partial charge in [0.2, 0.25) is 5.91 Å². The number of nitrogens with two attached hydrogens (primary N) is 1. The first-order valence-corrected chi connectivity index (χ1v) is 7.71. The molecule has 0 aromatic heterocycles. The zero-order valence-electron chi connectivity index (χ0n) is 11.9. The van der Waals surface area contributed by atoms with Crippen LogP contribution in [0.25, 0.3) is 0 Å². The second-order valence-corrected chi connectivity index (χ2v) is 5.99. The van der Waals surface area contributed by atoms with Crippen molar-refractivity contribution in [3.05, 3.63) is 70.2 Å². The molecule has 0 radical (unpaired) electrons. The molecule has 3 nitrogen and oxygen atoms in total. The van der Waals surface area contributed by atoms with Gasteiger partial charge in [-0.05, 0) is 36.6 Å². The summed E-state index contributed by atoms with van der Waals surface area (Å²) >= 11 is 3.40. The van der Waals surface area contributed by atoms with Gasteiger partial charge in [-0.1, -0.05) is 58.4 Å². The standard InChI is InChI=1S/C17H19BrN2O/c1-12(14-7-9-15(18)10-8-14)20-17(21)16(19)11-13-5-3-2-4-6-13/h2-10,12,16H,11,19H2,1H3,(H,20,21)/t12-,16+/m0/s1. The summed E-state index contributed by atoms with van der Waals surface area (Å²) in [7, 11) is 0. The SMILES string of the molecule is C[C@H](NC(=O)[C@H](N)Cc1ccccc1)c1ccc(Br)cc1. The molecular weight excluding hydrogens is 328 g/mol. The van der Waals surface area contributed by atoms with E-state index in [4.69, 9.17) is 5.73 Å². The van der Waals surface area contributed by atoms with Crippen molar-refractivity contribution in [1.29, 1.82) is 0 Å². The Morgan fingerprint density at radius 1 is 1.14 bits per heavy atom. The van der Waals surface area contributed by atoms with E-state index in [9.17, 15) is 4.79 Å². The second-order valence-electron chi connectivity index (χ2n) is 5.08. The van der Waals surface area contributed by atoms with Gasteiger partial charge in [0, 0.05) is 4.47 Å². The highest BCUT2D eigenvalue weighted by Gasteiger charge is 2.16. The van der Waals surface area contributed by atoms with Gasteiger partial charge in [-0.25, -0.2) is 0 Å². The Balaban J connectivity index is 1.92. The van der Waals surface area contributed by atoms with E-state index in [-0.39, 0.29) is 11.9 Å². The van der Waals surface area contributed by atoms with Crippen LogP contribution in [0.3, 0.4) is 0 Å². The van der Waals surface area contributed by atoms with Crippen molar-refractivity contribution in [3.8, 4) is 0 Å². The molecular formula is C17H19BrN2O. The molecule has 21 heavy (non-hydrogen) atoms. The maximum atomic E-state index is 12.2. The monoisotopic (exact) mass is 346 g/mol. The molecule has 110 valence electrons. The predicted octanol–water partition coefficient (Wildman–Crippen LogP) is 3.20. The molecule has 0 bridgehead atoms. The van der Waals surface area contributed by atoms with E-state index in [1.165, 1.54) is 0 Å². The Hall–Kier alpha value is -1.65. The number of rotatable bonds is 5. The summed E-state index contributed by atoms with van der Waals surface area (Å²) in [4.78, 5) is 12.2. The molecule has 2 atom stereocenters. The van der Waals surface area contributed by atoms with Gasteiger partial charge in [0.15, 0.2) is 0 Å². The van der Waals surface area contributed by atoms with Crippen molar-refractivity contribution in [3.63, 3.8) is 0 Å². The number of amides is 1. The molecule has 3 N–H and O–H groups in total. The third-order valence-corrected chi connectivity index (χ3v) is 3.89. The molecule has 0 spiro atoms. The molecule has 0 saturated heterocycles. The lowest BCUT2D eigenvalue weighted by Gasteiger charge is -2.18. The van der Waals surface area contributed by atoms with Gasteiger partial charge in [-0.3, -0.25) is 4.79 Å². The Morgan fingerprint density at radius 2 is 1.76 bits per heavy atom. The van der Waals surface area contributed by atoms with Crippen molar-refractivity contribution in [1.82, 2.24) is 5.32 Å². The smallest absolute Gasteiger partial charge is 0.237 e. The number of carbonyl (C=O) groups is 1. The Labute approximate surface area is 133 Å². The molecule has 0 unspecified atom stereocenters. The van der Waals surface area contributed by atoms with Crippen LogP contribution in [0.4, 0.5) is 0 Å². The number of halogens is 1. The normalized spacial score (nSPS) is 13.5. The molecule has 0 saturated carbocycles. The van der Waals surface area contributed by atoms with Crippen LogP contribution in [-0.2, 0) is 11.2 Å². The molecule has 1 amide bonds. The third-order valence-electron chi connectivity index (χ3n) is 3.36. The first-order valence-electron chi connectivity index (χ1n) is 6.91. The number of benzene rings is 2. The van der Waals surface area contributed by atoms with Crippen LogP contribution in [0, 0.1) is 0 Å². The van der Waals surface area contributed by atoms with Crippen LogP contribution in [-0.4, -0.2) is 11.9 Å². The molecule has 0 aliphatic carbocycles. The summed E-state index contributed by atoms with van der Waals surface area (Å²) in [6.45, 7) is 1.95. The van der Waals surface area contributed by atoms with Crippen LogP contribution in [0.15, 0.2) is 59.1 Å². The minimum atomic E-state index is -0.537. The average molecular weight is 347 g/mol. The van der Waals surface area contributed by atoms with E-state index in [0.29, 0.717) is 6.42 Å². The Kier molecular flexibility index (Phi) is 5.53. The van der Waals surface area contributed by atoms with Crippen molar-refractivity contribution in [2.45, 2.75) is 25.4 Å². The number of hydrogen-bond donors (Lipinski definition) is 2. The maximum absolute atomic E-state index is 12.2. The highest BCUT2D eigenvalue weighted by Crippen LogP contribution is 2.16. The summed E-state index contributed by atoms with van der Waals surface area (Å²) < 4.78 is 1.02. The van der Waals surface area contributed by atoms with Gasteiger partial charge >= 0.3 is 0 Å². The lowest BCUT2D eigenvalue weighted by atomic mass is 10.0.